The number of nitrogens with zero attached hydrogens (tertiary/aromatic N) is 1. The summed E-state index contributed by atoms with van der Waals surface area (Å²) in [4.78, 5) is 38.7. The molecule has 2 aromatic rings. The molecule has 1 atom stereocenters. The molecule has 0 radical (unpaired) electrons. The first-order chi connectivity index (χ1) is 13.8. The van der Waals surface area contributed by atoms with Crippen LogP contribution >= 0.6 is 0 Å². The molecule has 0 spiro atoms. The highest BCUT2D eigenvalue weighted by Crippen LogP contribution is 2.30. The second-order valence-corrected chi connectivity index (χ2v) is 7.93. The lowest BCUT2D eigenvalue weighted by Crippen LogP contribution is -2.35. The van der Waals surface area contributed by atoms with Crippen LogP contribution in [-0.4, -0.2) is 23.8 Å². The second-order valence-electron chi connectivity index (χ2n) is 7.93. The summed E-state index contributed by atoms with van der Waals surface area (Å²) in [6.07, 6.45) is 0.576. The third-order valence-corrected chi connectivity index (χ3v) is 4.91. The van der Waals surface area contributed by atoms with Gasteiger partial charge < -0.3 is 10.6 Å². The molecular weight excluding hydrogens is 366 g/mol. The molecule has 0 saturated carbocycles. The van der Waals surface area contributed by atoms with Crippen molar-refractivity contribution in [2.45, 2.75) is 46.6 Å². The van der Waals surface area contributed by atoms with E-state index in [0.29, 0.717) is 23.7 Å². The van der Waals surface area contributed by atoms with Crippen LogP contribution in [0.3, 0.4) is 0 Å². The highest BCUT2D eigenvalue weighted by Gasteiger charge is 2.40. The summed E-state index contributed by atoms with van der Waals surface area (Å²) in [5, 5.41) is 6.00. The Kier molecular flexibility index (Phi) is 6.01. The summed E-state index contributed by atoms with van der Waals surface area (Å²) in [5.41, 5.74) is 3.89. The molecule has 1 fully saturated rings. The molecule has 1 saturated heterocycles. The van der Waals surface area contributed by atoms with Gasteiger partial charge in [-0.25, -0.2) is 4.90 Å². The van der Waals surface area contributed by atoms with Gasteiger partial charge in [0.15, 0.2) is 0 Å². The molecule has 0 aliphatic carbocycles. The van der Waals surface area contributed by atoms with Crippen molar-refractivity contribution in [2.75, 3.05) is 15.5 Å². The van der Waals surface area contributed by atoms with Crippen LogP contribution in [0, 0.1) is 19.8 Å². The van der Waals surface area contributed by atoms with Crippen LogP contribution in [0.25, 0.3) is 0 Å². The minimum absolute atomic E-state index is 0.0264. The lowest BCUT2D eigenvalue weighted by Gasteiger charge is -2.20. The predicted molar refractivity (Wildman–Crippen MR) is 115 cm³/mol. The van der Waals surface area contributed by atoms with Gasteiger partial charge in [-0.3, -0.25) is 14.4 Å². The molecule has 0 bridgehead atoms. The Morgan fingerprint density at radius 2 is 1.62 bits per heavy atom. The predicted octanol–water partition coefficient (Wildman–Crippen LogP) is 4.03. The Balaban J connectivity index is 1.69. The lowest BCUT2D eigenvalue weighted by atomic mass is 10.1. The molecule has 1 aliphatic rings. The first-order valence-electron chi connectivity index (χ1n) is 9.85. The van der Waals surface area contributed by atoms with Gasteiger partial charge in [-0.2, -0.15) is 0 Å². The van der Waals surface area contributed by atoms with Crippen molar-refractivity contribution in [3.8, 4) is 0 Å². The molecule has 3 amide bonds. The van der Waals surface area contributed by atoms with Gasteiger partial charge in [0.2, 0.25) is 11.8 Å². The number of anilines is 3. The van der Waals surface area contributed by atoms with Crippen molar-refractivity contribution >= 4 is 34.8 Å². The third kappa shape index (κ3) is 4.65. The minimum atomic E-state index is -0.608. The monoisotopic (exact) mass is 393 g/mol. The molecule has 3 rings (SSSR count). The van der Waals surface area contributed by atoms with Crippen molar-refractivity contribution in [1.29, 1.82) is 0 Å². The molecule has 2 aromatic carbocycles. The number of carbonyl (C=O) groups is 3. The zero-order valence-corrected chi connectivity index (χ0v) is 17.3. The maximum atomic E-state index is 12.9. The van der Waals surface area contributed by atoms with E-state index in [0.717, 1.165) is 16.8 Å². The van der Waals surface area contributed by atoms with E-state index in [-0.39, 0.29) is 24.1 Å². The first-order valence-corrected chi connectivity index (χ1v) is 9.85. The van der Waals surface area contributed by atoms with Gasteiger partial charge in [0.05, 0.1) is 12.1 Å². The van der Waals surface area contributed by atoms with E-state index in [1.165, 1.54) is 4.90 Å². The zero-order chi connectivity index (χ0) is 21.1. The van der Waals surface area contributed by atoms with E-state index in [2.05, 4.69) is 10.6 Å². The summed E-state index contributed by atoms with van der Waals surface area (Å²) in [6, 6.07) is 12.3. The molecule has 29 heavy (non-hydrogen) atoms. The Bertz CT molecular complexity index is 915. The Hall–Kier alpha value is -3.15. The van der Waals surface area contributed by atoms with Crippen LogP contribution in [0.15, 0.2) is 42.5 Å². The molecule has 2 N–H and O–H groups in total. The molecule has 152 valence electrons. The Morgan fingerprint density at radius 3 is 2.21 bits per heavy atom. The lowest BCUT2D eigenvalue weighted by molar-refractivity contribution is -0.121. The summed E-state index contributed by atoms with van der Waals surface area (Å²) in [7, 11) is 0. The van der Waals surface area contributed by atoms with E-state index in [4.69, 9.17) is 0 Å². The Morgan fingerprint density at radius 1 is 1.03 bits per heavy atom. The van der Waals surface area contributed by atoms with E-state index >= 15 is 0 Å². The number of benzene rings is 2. The van der Waals surface area contributed by atoms with Crippen LogP contribution in [0.4, 0.5) is 17.1 Å². The average molecular weight is 393 g/mol. The zero-order valence-electron chi connectivity index (χ0n) is 17.3. The second kappa shape index (κ2) is 8.47. The first kappa shape index (κ1) is 20.6. The van der Waals surface area contributed by atoms with Gasteiger partial charge in [0.25, 0.3) is 5.91 Å². The maximum Gasteiger partial charge on any atom is 0.256 e. The molecule has 6 nitrogen and oxygen atoms in total. The van der Waals surface area contributed by atoms with Gasteiger partial charge in [0.1, 0.15) is 6.04 Å². The SMILES string of the molecule is Cc1cccc(C)c1N1C(=O)C[C@H](Nc2ccc(NC(=O)CC(C)C)cc2)C1=O. The van der Waals surface area contributed by atoms with Crippen molar-refractivity contribution < 1.29 is 14.4 Å². The van der Waals surface area contributed by atoms with E-state index in [1.807, 2.05) is 45.9 Å². The molecular formula is C23H27N3O3. The molecule has 0 unspecified atom stereocenters. The fourth-order valence-electron chi connectivity index (χ4n) is 3.57. The van der Waals surface area contributed by atoms with Crippen LogP contribution in [0.5, 0.6) is 0 Å². The van der Waals surface area contributed by atoms with Crippen LogP contribution in [-0.2, 0) is 14.4 Å². The topological polar surface area (TPSA) is 78.5 Å². The van der Waals surface area contributed by atoms with E-state index in [1.54, 1.807) is 24.3 Å². The van der Waals surface area contributed by atoms with Crippen molar-refractivity contribution in [2.24, 2.45) is 5.92 Å². The van der Waals surface area contributed by atoms with Crippen LogP contribution < -0.4 is 15.5 Å². The molecule has 1 aliphatic heterocycles. The number of hydrogen-bond acceptors (Lipinski definition) is 4. The fourth-order valence-corrected chi connectivity index (χ4v) is 3.57. The van der Waals surface area contributed by atoms with Crippen molar-refractivity contribution in [1.82, 2.24) is 0 Å². The van der Waals surface area contributed by atoms with E-state index in [9.17, 15) is 14.4 Å². The van der Waals surface area contributed by atoms with Crippen LogP contribution in [0.2, 0.25) is 0 Å². The summed E-state index contributed by atoms with van der Waals surface area (Å²) < 4.78 is 0. The largest absolute Gasteiger partial charge is 0.373 e. The number of hydrogen-bond donors (Lipinski definition) is 2. The highest BCUT2D eigenvalue weighted by molar-refractivity contribution is 6.23. The highest BCUT2D eigenvalue weighted by atomic mass is 16.2. The number of amides is 3. The van der Waals surface area contributed by atoms with Gasteiger partial charge >= 0.3 is 0 Å². The number of carbonyl (C=O) groups excluding carboxylic acids is 3. The summed E-state index contributed by atoms with van der Waals surface area (Å²) in [5.74, 6) is -0.188. The van der Waals surface area contributed by atoms with Gasteiger partial charge in [-0.15, -0.1) is 0 Å². The van der Waals surface area contributed by atoms with Gasteiger partial charge in [0, 0.05) is 17.8 Å². The van der Waals surface area contributed by atoms with Gasteiger partial charge in [-0.05, 0) is 55.2 Å². The smallest absolute Gasteiger partial charge is 0.256 e. The average Bonchev–Trinajstić information content (AvgIpc) is 2.90. The minimum Gasteiger partial charge on any atom is -0.373 e. The molecule has 1 heterocycles. The van der Waals surface area contributed by atoms with Crippen molar-refractivity contribution in [3.05, 3.63) is 53.6 Å². The number of para-hydroxylation sites is 1. The van der Waals surface area contributed by atoms with Gasteiger partial charge in [-0.1, -0.05) is 32.0 Å². The maximum absolute atomic E-state index is 12.9. The number of imide groups is 1. The number of nitrogens with one attached hydrogen (secondary N) is 2. The van der Waals surface area contributed by atoms with E-state index < -0.39 is 6.04 Å². The van der Waals surface area contributed by atoms with Crippen molar-refractivity contribution in [3.63, 3.8) is 0 Å². The Labute approximate surface area is 171 Å². The summed E-state index contributed by atoms with van der Waals surface area (Å²) in [6.45, 7) is 7.79. The number of aryl methyl sites for hydroxylation is 2. The fraction of sp³-hybridized carbons (Fsp3) is 0.348. The third-order valence-electron chi connectivity index (χ3n) is 4.91. The molecule has 0 aromatic heterocycles. The molecule has 6 heteroatoms. The normalized spacial score (nSPS) is 16.4. The van der Waals surface area contributed by atoms with Crippen LogP contribution in [0.1, 0.15) is 37.8 Å². The summed E-state index contributed by atoms with van der Waals surface area (Å²) >= 11 is 0. The quantitative estimate of drug-likeness (QED) is 0.726. The number of rotatable bonds is 6. The standard InChI is InChI=1S/C23H27N3O3/c1-14(2)12-20(27)25-18-10-8-17(9-11-18)24-19-13-21(28)26(23(19)29)22-15(3)6-5-7-16(22)4/h5-11,14,19,24H,12-13H2,1-4H3,(H,25,27)/t19-/m0/s1.